The van der Waals surface area contributed by atoms with Gasteiger partial charge in [-0.2, -0.15) is 9.37 Å². The molecule has 7 heteroatoms. The minimum absolute atomic E-state index is 0.271. The summed E-state index contributed by atoms with van der Waals surface area (Å²) in [5.74, 6) is 0.537. The zero-order valence-corrected chi connectivity index (χ0v) is 15.6. The molecule has 0 unspecified atom stereocenters. The molecule has 142 valence electrons. The van der Waals surface area contributed by atoms with Crippen molar-refractivity contribution in [3.63, 3.8) is 0 Å². The van der Waals surface area contributed by atoms with Crippen molar-refractivity contribution < 1.29 is 13.9 Å². The van der Waals surface area contributed by atoms with E-state index in [4.69, 9.17) is 9.47 Å². The molecule has 2 aromatic rings. The molecule has 3 rings (SSSR count). The lowest BCUT2D eigenvalue weighted by Crippen LogP contribution is -2.20. The average Bonchev–Trinajstić information content (AvgIpc) is 2.67. The number of nitrogens with one attached hydrogen (secondary N) is 1. The van der Waals surface area contributed by atoms with E-state index in [9.17, 15) is 9.18 Å². The minimum atomic E-state index is -0.899. The summed E-state index contributed by atoms with van der Waals surface area (Å²) in [6.45, 7) is 2.34. The number of hydrogen-bond acceptors (Lipinski definition) is 5. The van der Waals surface area contributed by atoms with Crippen LogP contribution in [0.3, 0.4) is 0 Å². The van der Waals surface area contributed by atoms with Crippen molar-refractivity contribution in [2.75, 3.05) is 19.5 Å². The molecule has 0 fully saturated rings. The Bertz CT molecular complexity index is 964. The summed E-state index contributed by atoms with van der Waals surface area (Å²) in [5, 5.41) is 3.13. The molecule has 0 saturated heterocycles. The number of nitrogens with zero attached hydrogens (tertiary/aromatic N) is 2. The van der Waals surface area contributed by atoms with Gasteiger partial charge in [0.25, 0.3) is 0 Å². The summed E-state index contributed by atoms with van der Waals surface area (Å²) < 4.78 is 26.1. The molecule has 6 nitrogen and oxygen atoms in total. The highest BCUT2D eigenvalue weighted by atomic mass is 19.1. The molecule has 0 spiro atoms. The van der Waals surface area contributed by atoms with Gasteiger partial charge in [0.1, 0.15) is 0 Å². The highest BCUT2D eigenvalue weighted by Crippen LogP contribution is 2.34. The van der Waals surface area contributed by atoms with Gasteiger partial charge in [-0.25, -0.2) is 0 Å². The number of benzene rings is 1. The zero-order valence-electron chi connectivity index (χ0n) is 15.6. The predicted molar refractivity (Wildman–Crippen MR) is 102 cm³/mol. The fourth-order valence-corrected chi connectivity index (χ4v) is 2.93. The molecule has 1 heterocycles. The van der Waals surface area contributed by atoms with E-state index in [2.05, 4.69) is 16.4 Å². The van der Waals surface area contributed by atoms with Crippen molar-refractivity contribution in [2.45, 2.75) is 26.3 Å². The fourth-order valence-electron chi connectivity index (χ4n) is 2.93. The smallest absolute Gasteiger partial charge is 0.310 e. The molecule has 0 saturated carbocycles. The van der Waals surface area contributed by atoms with Crippen LogP contribution < -0.4 is 20.3 Å². The number of aryl methyl sites for hydroxylation is 1. The molecule has 0 atom stereocenters. The van der Waals surface area contributed by atoms with Crippen LogP contribution in [0.15, 0.2) is 46.9 Å². The molecule has 0 bridgehead atoms. The van der Waals surface area contributed by atoms with Gasteiger partial charge in [-0.15, -0.1) is 0 Å². The van der Waals surface area contributed by atoms with Crippen LogP contribution >= 0.6 is 0 Å². The largest absolute Gasteiger partial charge is 0.493 e. The predicted octanol–water partition coefficient (Wildman–Crippen LogP) is 3.73. The van der Waals surface area contributed by atoms with Crippen LogP contribution in [0.1, 0.15) is 18.4 Å². The summed E-state index contributed by atoms with van der Waals surface area (Å²) in [6, 6.07) is 3.58. The number of rotatable bonds is 6. The van der Waals surface area contributed by atoms with Gasteiger partial charge in [0.05, 0.1) is 14.2 Å². The summed E-state index contributed by atoms with van der Waals surface area (Å²) in [6.07, 6.45) is 9.09. The molecule has 1 aliphatic carbocycles. The van der Waals surface area contributed by atoms with E-state index in [1.165, 1.54) is 6.20 Å². The number of anilines is 2. The number of hydrogen-bond donors (Lipinski definition) is 1. The number of methoxy groups -OCH3 is 2. The van der Waals surface area contributed by atoms with E-state index >= 15 is 0 Å². The first-order valence-electron chi connectivity index (χ1n) is 8.63. The molecular weight excluding hydrogens is 349 g/mol. The van der Waals surface area contributed by atoms with Crippen LogP contribution in [-0.4, -0.2) is 23.8 Å². The van der Waals surface area contributed by atoms with Gasteiger partial charge in [0.2, 0.25) is 11.8 Å². The Labute approximate surface area is 157 Å². The summed E-state index contributed by atoms with van der Waals surface area (Å²) in [5.41, 5.74) is 1.80. The van der Waals surface area contributed by atoms with Gasteiger partial charge in [0, 0.05) is 24.5 Å². The molecular formula is C20H22FN3O3. The van der Waals surface area contributed by atoms with E-state index in [1.54, 1.807) is 24.9 Å². The van der Waals surface area contributed by atoms with Gasteiger partial charge in [-0.3, -0.25) is 4.79 Å². The second kappa shape index (κ2) is 8.07. The van der Waals surface area contributed by atoms with Crippen LogP contribution in [0, 0.1) is 12.7 Å². The third-order valence-corrected chi connectivity index (χ3v) is 4.40. The van der Waals surface area contributed by atoms with Crippen LogP contribution in [0.5, 0.6) is 11.5 Å². The number of allylic oxidation sites excluding steroid dienone is 4. The van der Waals surface area contributed by atoms with E-state index in [0.29, 0.717) is 23.7 Å². The first-order valence-corrected chi connectivity index (χ1v) is 8.63. The summed E-state index contributed by atoms with van der Waals surface area (Å²) >= 11 is 0. The SMILES string of the molecule is COc1cc(C)c(Nc2nc(=O)c(F)cn2CC2=CC=CCC2)cc1OC. The van der Waals surface area contributed by atoms with Crippen LogP contribution in [0.25, 0.3) is 0 Å². The van der Waals surface area contributed by atoms with Crippen LogP contribution in [-0.2, 0) is 6.54 Å². The molecule has 1 aromatic heterocycles. The molecule has 1 N–H and O–H groups in total. The third kappa shape index (κ3) is 4.19. The van der Waals surface area contributed by atoms with Crippen molar-refractivity contribution in [3.8, 4) is 11.5 Å². The van der Waals surface area contributed by atoms with E-state index in [0.717, 1.165) is 24.0 Å². The number of ether oxygens (including phenoxy) is 2. The molecule has 0 radical (unpaired) electrons. The lowest BCUT2D eigenvalue weighted by atomic mass is 10.1. The standard InChI is InChI=1S/C20H22FN3O3/c1-13-9-17(26-2)18(27-3)10-16(13)22-20-23-19(25)15(21)12-24(20)11-14-7-5-4-6-8-14/h4-5,7,9-10,12H,6,8,11H2,1-3H3,(H,22,23,25). The highest BCUT2D eigenvalue weighted by molar-refractivity contribution is 5.64. The lowest BCUT2D eigenvalue weighted by Gasteiger charge is -2.18. The van der Waals surface area contributed by atoms with Gasteiger partial charge in [-0.05, 0) is 31.4 Å². The summed E-state index contributed by atoms with van der Waals surface area (Å²) in [7, 11) is 3.11. The minimum Gasteiger partial charge on any atom is -0.493 e. The molecule has 27 heavy (non-hydrogen) atoms. The molecule has 1 aromatic carbocycles. The second-order valence-corrected chi connectivity index (χ2v) is 6.28. The molecule has 0 amide bonds. The van der Waals surface area contributed by atoms with Crippen molar-refractivity contribution in [1.29, 1.82) is 0 Å². The van der Waals surface area contributed by atoms with Crippen molar-refractivity contribution in [2.24, 2.45) is 0 Å². The Morgan fingerprint density at radius 2 is 2.00 bits per heavy atom. The Morgan fingerprint density at radius 3 is 2.67 bits per heavy atom. The van der Waals surface area contributed by atoms with Crippen molar-refractivity contribution in [1.82, 2.24) is 9.55 Å². The van der Waals surface area contributed by atoms with Gasteiger partial charge in [0.15, 0.2) is 11.5 Å². The zero-order chi connectivity index (χ0) is 19.4. The van der Waals surface area contributed by atoms with Gasteiger partial charge < -0.3 is 19.4 Å². The Morgan fingerprint density at radius 1 is 1.26 bits per heavy atom. The van der Waals surface area contributed by atoms with E-state index in [1.807, 2.05) is 25.1 Å². The van der Waals surface area contributed by atoms with Crippen molar-refractivity contribution >= 4 is 11.6 Å². The maximum Gasteiger partial charge on any atom is 0.310 e. The third-order valence-electron chi connectivity index (χ3n) is 4.40. The molecule has 1 aliphatic rings. The monoisotopic (exact) mass is 371 g/mol. The Kier molecular flexibility index (Phi) is 5.59. The quantitative estimate of drug-likeness (QED) is 0.838. The van der Waals surface area contributed by atoms with Gasteiger partial charge in [-0.1, -0.05) is 23.8 Å². The highest BCUT2D eigenvalue weighted by Gasteiger charge is 2.14. The topological polar surface area (TPSA) is 65.4 Å². The summed E-state index contributed by atoms with van der Waals surface area (Å²) in [4.78, 5) is 15.6. The first kappa shape index (κ1) is 18.7. The van der Waals surface area contributed by atoms with E-state index < -0.39 is 11.4 Å². The normalized spacial score (nSPS) is 13.3. The van der Waals surface area contributed by atoms with Crippen molar-refractivity contribution in [3.05, 3.63) is 63.9 Å². The van der Waals surface area contributed by atoms with E-state index in [-0.39, 0.29) is 5.95 Å². The first-order chi connectivity index (χ1) is 13.0. The van der Waals surface area contributed by atoms with Crippen LogP contribution in [0.2, 0.25) is 0 Å². The van der Waals surface area contributed by atoms with Gasteiger partial charge >= 0.3 is 5.56 Å². The second-order valence-electron chi connectivity index (χ2n) is 6.28. The maximum absolute atomic E-state index is 13.9. The number of halogens is 1. The molecule has 0 aliphatic heterocycles. The maximum atomic E-state index is 13.9. The average molecular weight is 371 g/mol. The number of aromatic nitrogens is 2. The Balaban J connectivity index is 1.99. The fraction of sp³-hybridized carbons (Fsp3) is 0.300. The lowest BCUT2D eigenvalue weighted by molar-refractivity contribution is 0.355. The Hall–Kier alpha value is -3.09. The van der Waals surface area contributed by atoms with Crippen LogP contribution in [0.4, 0.5) is 16.0 Å².